The number of aryl methyl sites for hydroxylation is 1. The Labute approximate surface area is 150 Å². The fourth-order valence-corrected chi connectivity index (χ4v) is 2.90. The van der Waals surface area contributed by atoms with Gasteiger partial charge in [-0.1, -0.05) is 29.8 Å². The molecule has 0 amide bonds. The van der Waals surface area contributed by atoms with Crippen LogP contribution in [0.15, 0.2) is 47.3 Å². The minimum absolute atomic E-state index is 0.265. The first kappa shape index (κ1) is 16.0. The highest BCUT2D eigenvalue weighted by Crippen LogP contribution is 2.26. The standard InChI is InChI=1S/C15H12ClIN4O2/c1-20-15(22)21(19-18-20)13-7-4-6-12(17)10(13)9-23-14-8-3-2-5-11(14)16/h2-8H,9H2,1H3. The van der Waals surface area contributed by atoms with E-state index in [2.05, 4.69) is 33.0 Å². The normalized spacial score (nSPS) is 10.7. The van der Waals surface area contributed by atoms with Crippen LogP contribution in [-0.4, -0.2) is 19.8 Å². The Balaban J connectivity index is 1.98. The SMILES string of the molecule is Cn1nnn(-c2cccc(I)c2COc2ccccc2Cl)c1=O. The predicted octanol–water partition coefficient (Wildman–Crippen LogP) is 2.80. The van der Waals surface area contributed by atoms with Crippen molar-refractivity contribution in [3.8, 4) is 11.4 Å². The molecule has 0 radical (unpaired) electrons. The van der Waals surface area contributed by atoms with E-state index in [0.717, 1.165) is 9.13 Å². The van der Waals surface area contributed by atoms with Gasteiger partial charge < -0.3 is 4.74 Å². The maximum atomic E-state index is 12.1. The molecule has 0 N–H and O–H groups in total. The zero-order chi connectivity index (χ0) is 16.4. The Kier molecular flexibility index (Phi) is 4.67. The summed E-state index contributed by atoms with van der Waals surface area (Å²) >= 11 is 8.31. The van der Waals surface area contributed by atoms with E-state index in [4.69, 9.17) is 16.3 Å². The zero-order valence-corrected chi connectivity index (χ0v) is 15.0. The Morgan fingerprint density at radius 3 is 2.65 bits per heavy atom. The third kappa shape index (κ3) is 3.25. The molecule has 0 fully saturated rings. The third-order valence-electron chi connectivity index (χ3n) is 3.25. The lowest BCUT2D eigenvalue weighted by atomic mass is 10.2. The van der Waals surface area contributed by atoms with Gasteiger partial charge in [0.2, 0.25) is 0 Å². The second-order valence-electron chi connectivity index (χ2n) is 4.75. The highest BCUT2D eigenvalue weighted by molar-refractivity contribution is 14.1. The minimum atomic E-state index is -0.314. The number of tetrazole rings is 1. The summed E-state index contributed by atoms with van der Waals surface area (Å²) in [6.07, 6.45) is 0. The molecule has 2 aromatic carbocycles. The molecule has 3 rings (SSSR count). The summed E-state index contributed by atoms with van der Waals surface area (Å²) in [5, 5.41) is 8.18. The van der Waals surface area contributed by atoms with Gasteiger partial charge in [-0.15, -0.1) is 0 Å². The monoisotopic (exact) mass is 442 g/mol. The highest BCUT2D eigenvalue weighted by atomic mass is 127. The average molecular weight is 443 g/mol. The molecule has 8 heteroatoms. The summed E-state index contributed by atoms with van der Waals surface area (Å²) in [5.41, 5.74) is 1.17. The molecule has 1 aromatic heterocycles. The van der Waals surface area contributed by atoms with Crippen molar-refractivity contribution in [1.82, 2.24) is 19.8 Å². The fourth-order valence-electron chi connectivity index (χ4n) is 2.07. The van der Waals surface area contributed by atoms with Crippen LogP contribution in [0.2, 0.25) is 5.02 Å². The van der Waals surface area contributed by atoms with Crippen molar-refractivity contribution >= 4 is 34.2 Å². The lowest BCUT2D eigenvalue weighted by Crippen LogP contribution is -2.23. The molecule has 0 saturated carbocycles. The summed E-state index contributed by atoms with van der Waals surface area (Å²) in [6, 6.07) is 12.9. The quantitative estimate of drug-likeness (QED) is 0.583. The summed E-state index contributed by atoms with van der Waals surface area (Å²) < 4.78 is 9.20. The Morgan fingerprint density at radius 1 is 1.17 bits per heavy atom. The predicted molar refractivity (Wildman–Crippen MR) is 95.1 cm³/mol. The van der Waals surface area contributed by atoms with Crippen LogP contribution in [0.3, 0.4) is 0 Å². The van der Waals surface area contributed by atoms with Crippen molar-refractivity contribution in [2.75, 3.05) is 0 Å². The zero-order valence-electron chi connectivity index (χ0n) is 12.1. The van der Waals surface area contributed by atoms with Gasteiger partial charge in [0, 0.05) is 16.2 Å². The van der Waals surface area contributed by atoms with E-state index in [-0.39, 0.29) is 12.3 Å². The summed E-state index contributed by atoms with van der Waals surface area (Å²) in [6.45, 7) is 0.265. The van der Waals surface area contributed by atoms with Crippen molar-refractivity contribution in [1.29, 1.82) is 0 Å². The van der Waals surface area contributed by atoms with Gasteiger partial charge in [-0.2, -0.15) is 9.36 Å². The first-order valence-corrected chi connectivity index (χ1v) is 8.17. The highest BCUT2D eigenvalue weighted by Gasteiger charge is 2.14. The van der Waals surface area contributed by atoms with Gasteiger partial charge in [-0.05, 0) is 57.3 Å². The molecule has 118 valence electrons. The van der Waals surface area contributed by atoms with Crippen molar-refractivity contribution < 1.29 is 4.74 Å². The number of ether oxygens (including phenoxy) is 1. The lowest BCUT2D eigenvalue weighted by molar-refractivity contribution is 0.305. The molecule has 0 atom stereocenters. The van der Waals surface area contributed by atoms with Crippen LogP contribution in [0.25, 0.3) is 5.69 Å². The molecule has 0 aliphatic carbocycles. The van der Waals surface area contributed by atoms with Crippen LogP contribution >= 0.6 is 34.2 Å². The van der Waals surface area contributed by atoms with E-state index < -0.39 is 0 Å². The number of para-hydroxylation sites is 1. The molecule has 0 aliphatic heterocycles. The van der Waals surface area contributed by atoms with Crippen LogP contribution in [0.1, 0.15) is 5.56 Å². The number of nitrogens with zero attached hydrogens (tertiary/aromatic N) is 4. The molecular formula is C15H12ClIN4O2. The molecule has 0 saturated heterocycles. The molecule has 6 nitrogen and oxygen atoms in total. The first-order chi connectivity index (χ1) is 11.1. The van der Waals surface area contributed by atoms with E-state index in [1.807, 2.05) is 30.3 Å². The van der Waals surface area contributed by atoms with Crippen LogP contribution in [0.4, 0.5) is 0 Å². The van der Waals surface area contributed by atoms with Gasteiger partial charge in [0.25, 0.3) is 0 Å². The average Bonchev–Trinajstić information content (AvgIpc) is 2.87. The van der Waals surface area contributed by atoms with Crippen LogP contribution in [-0.2, 0) is 13.7 Å². The summed E-state index contributed by atoms with van der Waals surface area (Å²) in [7, 11) is 1.56. The fraction of sp³-hybridized carbons (Fsp3) is 0.133. The maximum absolute atomic E-state index is 12.1. The van der Waals surface area contributed by atoms with Crippen molar-refractivity contribution in [2.24, 2.45) is 7.05 Å². The number of hydrogen-bond donors (Lipinski definition) is 0. The Morgan fingerprint density at radius 2 is 1.96 bits per heavy atom. The van der Waals surface area contributed by atoms with Gasteiger partial charge in [-0.3, -0.25) is 0 Å². The van der Waals surface area contributed by atoms with E-state index in [0.29, 0.717) is 16.5 Å². The van der Waals surface area contributed by atoms with Crippen molar-refractivity contribution in [3.63, 3.8) is 0 Å². The molecule has 0 bridgehead atoms. The molecule has 23 heavy (non-hydrogen) atoms. The van der Waals surface area contributed by atoms with E-state index in [9.17, 15) is 4.79 Å². The van der Waals surface area contributed by atoms with Crippen molar-refractivity contribution in [2.45, 2.75) is 6.61 Å². The third-order valence-corrected chi connectivity index (χ3v) is 4.58. The van der Waals surface area contributed by atoms with E-state index in [1.165, 1.54) is 9.36 Å². The second-order valence-corrected chi connectivity index (χ2v) is 6.32. The van der Waals surface area contributed by atoms with Crippen molar-refractivity contribution in [3.05, 3.63) is 67.1 Å². The molecule has 0 aliphatic rings. The molecule has 3 aromatic rings. The molecular weight excluding hydrogens is 431 g/mol. The minimum Gasteiger partial charge on any atom is -0.487 e. The largest absolute Gasteiger partial charge is 0.487 e. The molecule has 0 spiro atoms. The van der Waals surface area contributed by atoms with Gasteiger partial charge >= 0.3 is 5.69 Å². The van der Waals surface area contributed by atoms with Crippen LogP contribution in [0.5, 0.6) is 5.75 Å². The van der Waals surface area contributed by atoms with Crippen LogP contribution in [0, 0.1) is 3.57 Å². The topological polar surface area (TPSA) is 61.9 Å². The summed E-state index contributed by atoms with van der Waals surface area (Å²) in [4.78, 5) is 12.1. The molecule has 0 unspecified atom stereocenters. The Bertz CT molecular complexity index is 906. The summed E-state index contributed by atoms with van der Waals surface area (Å²) in [5.74, 6) is 0.589. The smallest absolute Gasteiger partial charge is 0.368 e. The molecule has 1 heterocycles. The number of aromatic nitrogens is 4. The number of benzene rings is 2. The van der Waals surface area contributed by atoms with E-state index in [1.54, 1.807) is 19.2 Å². The van der Waals surface area contributed by atoms with Crippen LogP contribution < -0.4 is 10.4 Å². The first-order valence-electron chi connectivity index (χ1n) is 6.72. The number of hydrogen-bond acceptors (Lipinski definition) is 4. The van der Waals surface area contributed by atoms with E-state index >= 15 is 0 Å². The maximum Gasteiger partial charge on any atom is 0.368 e. The number of halogens is 2. The van der Waals surface area contributed by atoms with Gasteiger partial charge in [0.15, 0.2) is 0 Å². The Hall–Kier alpha value is -1.87. The van der Waals surface area contributed by atoms with Gasteiger partial charge in [0.05, 0.1) is 10.7 Å². The van der Waals surface area contributed by atoms with Gasteiger partial charge in [0.1, 0.15) is 12.4 Å². The lowest BCUT2D eigenvalue weighted by Gasteiger charge is -2.12. The number of rotatable bonds is 4. The van der Waals surface area contributed by atoms with Gasteiger partial charge in [-0.25, -0.2) is 4.79 Å². The second kappa shape index (κ2) is 6.71.